The SMILES string of the molecule is CCOC(=O)Cn1ccc(CNC(=O)c2cccc3c2cnn3-c2ccc(F)cc2)cc1=O. The maximum atomic E-state index is 13.2. The Bertz CT molecular complexity index is 1380. The van der Waals surface area contributed by atoms with Crippen LogP contribution in [0, 0.1) is 5.82 Å². The van der Waals surface area contributed by atoms with Gasteiger partial charge in [-0.1, -0.05) is 6.07 Å². The van der Waals surface area contributed by atoms with Crippen LogP contribution in [0.3, 0.4) is 0 Å². The number of halogens is 1. The van der Waals surface area contributed by atoms with E-state index in [2.05, 4.69) is 10.4 Å². The molecular formula is C24H21FN4O4. The quantitative estimate of drug-likeness (QED) is 0.439. The van der Waals surface area contributed by atoms with Crippen LogP contribution in [0.5, 0.6) is 0 Å². The zero-order valence-corrected chi connectivity index (χ0v) is 17.8. The molecule has 33 heavy (non-hydrogen) atoms. The molecule has 0 saturated carbocycles. The van der Waals surface area contributed by atoms with Crippen molar-refractivity contribution in [2.75, 3.05) is 6.61 Å². The maximum Gasteiger partial charge on any atom is 0.326 e. The lowest BCUT2D eigenvalue weighted by atomic mass is 10.1. The number of carbonyl (C=O) groups excluding carboxylic acids is 2. The predicted molar refractivity (Wildman–Crippen MR) is 120 cm³/mol. The van der Waals surface area contributed by atoms with Crippen LogP contribution in [0.1, 0.15) is 22.8 Å². The summed E-state index contributed by atoms with van der Waals surface area (Å²) in [5, 5.41) is 7.80. The van der Waals surface area contributed by atoms with Crippen LogP contribution >= 0.6 is 0 Å². The molecule has 0 bridgehead atoms. The Morgan fingerprint density at radius 2 is 1.91 bits per heavy atom. The summed E-state index contributed by atoms with van der Waals surface area (Å²) in [6.07, 6.45) is 3.08. The lowest BCUT2D eigenvalue weighted by Crippen LogP contribution is -2.27. The molecule has 1 amide bonds. The van der Waals surface area contributed by atoms with Crippen LogP contribution in [-0.2, 0) is 22.6 Å². The number of carbonyl (C=O) groups is 2. The second-order valence-electron chi connectivity index (χ2n) is 7.26. The van der Waals surface area contributed by atoms with Crippen LogP contribution in [-0.4, -0.2) is 32.8 Å². The van der Waals surface area contributed by atoms with Crippen LogP contribution in [0.25, 0.3) is 16.6 Å². The van der Waals surface area contributed by atoms with Crippen molar-refractivity contribution >= 4 is 22.8 Å². The summed E-state index contributed by atoms with van der Waals surface area (Å²) in [5.74, 6) is -1.16. The fraction of sp³-hybridized carbons (Fsp3) is 0.167. The van der Waals surface area contributed by atoms with Crippen molar-refractivity contribution in [2.24, 2.45) is 0 Å². The van der Waals surface area contributed by atoms with Crippen molar-refractivity contribution < 1.29 is 18.7 Å². The van der Waals surface area contributed by atoms with Crippen molar-refractivity contribution in [3.63, 3.8) is 0 Å². The van der Waals surface area contributed by atoms with Gasteiger partial charge in [0.1, 0.15) is 12.4 Å². The van der Waals surface area contributed by atoms with Gasteiger partial charge in [0.25, 0.3) is 11.5 Å². The number of fused-ring (bicyclic) bond motifs is 1. The predicted octanol–water partition coefficient (Wildman–Crippen LogP) is 2.82. The van der Waals surface area contributed by atoms with Gasteiger partial charge < -0.3 is 14.6 Å². The highest BCUT2D eigenvalue weighted by Crippen LogP contribution is 2.22. The van der Waals surface area contributed by atoms with Gasteiger partial charge in [0, 0.05) is 24.2 Å². The molecule has 1 N–H and O–H groups in total. The number of ether oxygens (including phenoxy) is 1. The van der Waals surface area contributed by atoms with E-state index in [1.165, 1.54) is 29.0 Å². The normalized spacial score (nSPS) is 10.8. The first-order valence-corrected chi connectivity index (χ1v) is 10.3. The molecule has 0 fully saturated rings. The second-order valence-corrected chi connectivity index (χ2v) is 7.26. The van der Waals surface area contributed by atoms with Crippen LogP contribution in [0.2, 0.25) is 0 Å². The van der Waals surface area contributed by atoms with Crippen molar-refractivity contribution in [3.8, 4) is 5.69 Å². The topological polar surface area (TPSA) is 95.2 Å². The lowest BCUT2D eigenvalue weighted by Gasteiger charge is -2.09. The number of pyridine rings is 1. The highest BCUT2D eigenvalue weighted by molar-refractivity contribution is 6.06. The highest BCUT2D eigenvalue weighted by atomic mass is 19.1. The smallest absolute Gasteiger partial charge is 0.326 e. The van der Waals surface area contributed by atoms with E-state index in [0.717, 1.165) is 0 Å². The third-order valence-electron chi connectivity index (χ3n) is 5.05. The molecule has 0 saturated heterocycles. The molecule has 9 heteroatoms. The van der Waals surface area contributed by atoms with Gasteiger partial charge in [-0.15, -0.1) is 0 Å². The van der Waals surface area contributed by atoms with Crippen molar-refractivity contribution in [1.29, 1.82) is 0 Å². The minimum Gasteiger partial charge on any atom is -0.465 e. The molecule has 0 aliphatic carbocycles. The number of esters is 1. The zero-order valence-electron chi connectivity index (χ0n) is 17.8. The van der Waals surface area contributed by atoms with Gasteiger partial charge in [0.05, 0.1) is 29.6 Å². The number of hydrogen-bond donors (Lipinski definition) is 1. The molecule has 4 aromatic rings. The summed E-state index contributed by atoms with van der Waals surface area (Å²) >= 11 is 0. The molecule has 168 valence electrons. The summed E-state index contributed by atoms with van der Waals surface area (Å²) < 4.78 is 21.0. The van der Waals surface area contributed by atoms with E-state index in [1.807, 2.05) is 6.07 Å². The molecule has 0 aliphatic rings. The summed E-state index contributed by atoms with van der Waals surface area (Å²) in [4.78, 5) is 36.7. The Hall–Kier alpha value is -4.27. The lowest BCUT2D eigenvalue weighted by molar-refractivity contribution is -0.143. The van der Waals surface area contributed by atoms with Crippen LogP contribution in [0.4, 0.5) is 4.39 Å². The fourth-order valence-electron chi connectivity index (χ4n) is 3.45. The van der Waals surface area contributed by atoms with Gasteiger partial charge in [0.15, 0.2) is 0 Å². The first-order chi connectivity index (χ1) is 16.0. The van der Waals surface area contributed by atoms with E-state index < -0.39 is 5.97 Å². The minimum atomic E-state index is -0.491. The number of rotatable bonds is 7. The molecule has 8 nitrogen and oxygen atoms in total. The molecule has 0 unspecified atom stereocenters. The first kappa shape index (κ1) is 21.9. The number of aromatic nitrogens is 3. The highest BCUT2D eigenvalue weighted by Gasteiger charge is 2.14. The van der Waals surface area contributed by atoms with Crippen LogP contribution in [0.15, 0.2) is 71.8 Å². The van der Waals surface area contributed by atoms with Gasteiger partial charge in [-0.2, -0.15) is 5.10 Å². The van der Waals surface area contributed by atoms with Crippen molar-refractivity contribution in [1.82, 2.24) is 19.7 Å². The molecule has 2 heterocycles. The second kappa shape index (κ2) is 9.47. The van der Waals surface area contributed by atoms with E-state index in [1.54, 1.807) is 48.1 Å². The molecule has 4 rings (SSSR count). The zero-order chi connectivity index (χ0) is 23.4. The first-order valence-electron chi connectivity index (χ1n) is 10.3. The Kier molecular flexibility index (Phi) is 6.30. The third-order valence-corrected chi connectivity index (χ3v) is 5.05. The molecular weight excluding hydrogens is 427 g/mol. The summed E-state index contributed by atoms with van der Waals surface area (Å²) in [5.41, 5.74) is 2.04. The number of benzene rings is 2. The van der Waals surface area contributed by atoms with E-state index in [0.29, 0.717) is 27.7 Å². The Morgan fingerprint density at radius 3 is 2.64 bits per heavy atom. The van der Waals surface area contributed by atoms with E-state index in [4.69, 9.17) is 4.74 Å². The third kappa shape index (κ3) is 4.82. The largest absolute Gasteiger partial charge is 0.465 e. The molecule has 0 spiro atoms. The maximum absolute atomic E-state index is 13.2. The van der Waals surface area contributed by atoms with Gasteiger partial charge >= 0.3 is 5.97 Å². The number of hydrogen-bond acceptors (Lipinski definition) is 5. The number of nitrogens with zero attached hydrogens (tertiary/aromatic N) is 3. The van der Waals surface area contributed by atoms with Gasteiger partial charge in [-0.05, 0) is 55.0 Å². The average molecular weight is 448 g/mol. The van der Waals surface area contributed by atoms with E-state index in [9.17, 15) is 18.8 Å². The molecule has 0 radical (unpaired) electrons. The fourth-order valence-corrected chi connectivity index (χ4v) is 3.45. The minimum absolute atomic E-state index is 0.136. The monoisotopic (exact) mass is 448 g/mol. The van der Waals surface area contributed by atoms with Crippen molar-refractivity contribution in [2.45, 2.75) is 20.0 Å². The molecule has 0 aliphatic heterocycles. The number of amides is 1. The Labute approximate surface area is 188 Å². The summed E-state index contributed by atoms with van der Waals surface area (Å²) in [6.45, 7) is 1.91. The molecule has 2 aromatic carbocycles. The Balaban J connectivity index is 1.49. The molecule has 2 aromatic heterocycles. The standard InChI is InChI=1S/C24H21FN4O4/c1-2-33-23(31)15-28-11-10-16(12-22(28)30)13-26-24(32)19-4-3-5-21-20(19)14-27-29(21)18-8-6-17(25)7-9-18/h3-12,14H,2,13,15H2,1H3,(H,26,32). The van der Waals surface area contributed by atoms with E-state index >= 15 is 0 Å². The average Bonchev–Trinajstić information content (AvgIpc) is 3.24. The van der Waals surface area contributed by atoms with E-state index in [-0.39, 0.29) is 37.0 Å². The summed E-state index contributed by atoms with van der Waals surface area (Å²) in [6, 6.07) is 14.2. The van der Waals surface area contributed by atoms with Gasteiger partial charge in [0.2, 0.25) is 0 Å². The van der Waals surface area contributed by atoms with Crippen molar-refractivity contribution in [3.05, 3.63) is 94.3 Å². The van der Waals surface area contributed by atoms with Gasteiger partial charge in [-0.3, -0.25) is 14.4 Å². The van der Waals surface area contributed by atoms with Crippen LogP contribution < -0.4 is 10.9 Å². The van der Waals surface area contributed by atoms with Gasteiger partial charge in [-0.25, -0.2) is 9.07 Å². The Morgan fingerprint density at radius 1 is 1.12 bits per heavy atom. The molecule has 0 atom stereocenters. The number of nitrogens with one attached hydrogen (secondary N) is 1. The summed E-state index contributed by atoms with van der Waals surface area (Å²) in [7, 11) is 0.